The van der Waals surface area contributed by atoms with E-state index in [1.54, 1.807) is 30.3 Å². The molecule has 0 N–H and O–H groups in total. The van der Waals surface area contributed by atoms with Crippen molar-refractivity contribution in [2.75, 3.05) is 20.3 Å². The summed E-state index contributed by atoms with van der Waals surface area (Å²) in [5.74, 6) is -2.40. The van der Waals surface area contributed by atoms with Crippen LogP contribution in [-0.2, 0) is 0 Å². The molecule has 5 radical (unpaired) electrons. The molecule has 1 nitrogen and oxygen atoms in total. The van der Waals surface area contributed by atoms with E-state index in [1.807, 2.05) is 45.2 Å². The van der Waals surface area contributed by atoms with Crippen LogP contribution in [0.15, 0.2) is 30.3 Å². The minimum Gasteiger partial charge on any atom is -0.306 e. The molecule has 0 saturated heterocycles. The van der Waals surface area contributed by atoms with Crippen molar-refractivity contribution < 1.29 is 13.2 Å². The molecule has 119 valence electrons. The normalized spacial score (nSPS) is 20.5. The van der Waals surface area contributed by atoms with Gasteiger partial charge in [-0.15, -0.1) is 0 Å². The summed E-state index contributed by atoms with van der Waals surface area (Å²) in [7, 11) is 1.65. The third-order valence-corrected chi connectivity index (χ3v) is 6.06. The largest absolute Gasteiger partial charge is 0.409 e. The van der Waals surface area contributed by atoms with Gasteiger partial charge < -0.3 is 4.90 Å². The lowest BCUT2D eigenvalue weighted by Crippen LogP contribution is -2.34. The van der Waals surface area contributed by atoms with Crippen LogP contribution in [0.25, 0.3) is 0 Å². The van der Waals surface area contributed by atoms with Crippen LogP contribution in [0.2, 0.25) is 0 Å². The summed E-state index contributed by atoms with van der Waals surface area (Å²) in [4.78, 5) is 2.01. The Morgan fingerprint density at radius 3 is 2.27 bits per heavy atom. The summed E-state index contributed by atoms with van der Waals surface area (Å²) in [6.07, 6.45) is 5.64. The van der Waals surface area contributed by atoms with Gasteiger partial charge in [-0.3, -0.25) is 0 Å². The van der Waals surface area contributed by atoms with Crippen molar-refractivity contribution in [3.05, 3.63) is 61.4 Å². The summed E-state index contributed by atoms with van der Waals surface area (Å²) in [6, 6.07) is 8.35. The van der Waals surface area contributed by atoms with Gasteiger partial charge in [0.05, 0.1) is 0 Å². The molecule has 1 saturated carbocycles. The van der Waals surface area contributed by atoms with Crippen molar-refractivity contribution in [3.63, 3.8) is 0 Å². The van der Waals surface area contributed by atoms with Gasteiger partial charge in [0.15, 0.2) is 0 Å². The molecule has 1 aromatic carbocycles. The highest BCUT2D eigenvalue weighted by Crippen LogP contribution is 2.56. The van der Waals surface area contributed by atoms with Gasteiger partial charge in [0.1, 0.15) is 0 Å². The van der Waals surface area contributed by atoms with E-state index >= 15 is 0 Å². The van der Waals surface area contributed by atoms with Crippen molar-refractivity contribution in [3.8, 4) is 0 Å². The van der Waals surface area contributed by atoms with E-state index in [9.17, 15) is 13.2 Å². The molecule has 1 aromatic rings. The number of hydrogen-bond donors (Lipinski definition) is 0. The second-order valence-corrected chi connectivity index (χ2v) is 7.73. The zero-order chi connectivity index (χ0) is 16.3. The molecule has 1 fully saturated rings. The standard InChI is InChI=1S/C17H20F3NP/c1-13(21(2)3)16-11-7-8-14(16)12-22(17(18,19)20)15-9-5-4-6-10-15/h4-11,13H,12H2,1-3H3/t13-,22+/m1/s1. The minimum atomic E-state index is -4.19. The molecule has 0 aliphatic heterocycles. The van der Waals surface area contributed by atoms with Gasteiger partial charge in [-0.25, -0.2) is 0 Å². The number of rotatable bonds is 5. The number of benzene rings is 1. The van der Waals surface area contributed by atoms with Crippen LogP contribution in [0, 0.1) is 31.1 Å². The Morgan fingerprint density at radius 1 is 1.09 bits per heavy atom. The van der Waals surface area contributed by atoms with E-state index in [-0.39, 0.29) is 12.2 Å². The zero-order valence-corrected chi connectivity index (χ0v) is 13.8. The monoisotopic (exact) mass is 326 g/mol. The van der Waals surface area contributed by atoms with Crippen LogP contribution >= 0.6 is 7.92 Å². The molecule has 2 rings (SSSR count). The Hall–Kier alpha value is -0.600. The number of nitrogens with zero attached hydrogens (tertiary/aromatic N) is 1. The van der Waals surface area contributed by atoms with Crippen LogP contribution in [0.5, 0.6) is 0 Å². The Balaban J connectivity index is 2.17. The summed E-state index contributed by atoms with van der Waals surface area (Å²) < 4.78 is 40.5. The number of alkyl halides is 3. The van der Waals surface area contributed by atoms with Crippen molar-refractivity contribution >= 4 is 13.2 Å². The average molecular weight is 326 g/mol. The fraction of sp³-hybridized carbons (Fsp3) is 0.353. The first-order valence-electron chi connectivity index (χ1n) is 7.11. The second kappa shape index (κ2) is 7.31. The first kappa shape index (κ1) is 17.7. The van der Waals surface area contributed by atoms with E-state index in [1.165, 1.54) is 0 Å². The summed E-state index contributed by atoms with van der Waals surface area (Å²) in [5.41, 5.74) is 0. The smallest absolute Gasteiger partial charge is 0.306 e. The molecule has 22 heavy (non-hydrogen) atoms. The first-order chi connectivity index (χ1) is 10.3. The Kier molecular flexibility index (Phi) is 5.90. The van der Waals surface area contributed by atoms with Gasteiger partial charge in [-0.2, -0.15) is 13.2 Å². The molecule has 1 aliphatic rings. The number of hydrogen-bond acceptors (Lipinski definition) is 1. The average Bonchev–Trinajstić information content (AvgIpc) is 2.91. The third kappa shape index (κ3) is 4.23. The maximum absolute atomic E-state index is 13.5. The third-order valence-electron chi connectivity index (χ3n) is 3.87. The van der Waals surface area contributed by atoms with E-state index in [4.69, 9.17) is 0 Å². The van der Waals surface area contributed by atoms with Gasteiger partial charge in [0.25, 0.3) is 0 Å². The molecule has 0 heterocycles. The minimum absolute atomic E-state index is 0.0450. The molecule has 0 aromatic heterocycles. The van der Waals surface area contributed by atoms with E-state index in [0.717, 1.165) is 11.8 Å². The number of halogens is 3. The van der Waals surface area contributed by atoms with Crippen molar-refractivity contribution in [2.45, 2.75) is 18.9 Å². The van der Waals surface area contributed by atoms with E-state index in [0.29, 0.717) is 5.30 Å². The van der Waals surface area contributed by atoms with Crippen LogP contribution in [0.1, 0.15) is 6.92 Å². The molecule has 0 spiro atoms. The van der Waals surface area contributed by atoms with Crippen LogP contribution in [0.4, 0.5) is 13.2 Å². The second-order valence-electron chi connectivity index (χ2n) is 5.54. The van der Waals surface area contributed by atoms with Gasteiger partial charge in [-0.1, -0.05) is 30.3 Å². The molecular weight excluding hydrogens is 306 g/mol. The summed E-state index contributed by atoms with van der Waals surface area (Å²) in [5, 5.41) is 0.384. The Labute approximate surface area is 132 Å². The lowest BCUT2D eigenvalue weighted by atomic mass is 9.90. The lowest BCUT2D eigenvalue weighted by Gasteiger charge is -2.32. The van der Waals surface area contributed by atoms with Gasteiger partial charge in [-0.05, 0) is 57.7 Å². The summed E-state index contributed by atoms with van der Waals surface area (Å²) >= 11 is 0. The van der Waals surface area contributed by atoms with E-state index in [2.05, 4.69) is 0 Å². The van der Waals surface area contributed by atoms with Crippen molar-refractivity contribution in [1.29, 1.82) is 0 Å². The molecule has 0 amide bonds. The van der Waals surface area contributed by atoms with Crippen molar-refractivity contribution in [1.82, 2.24) is 4.90 Å². The van der Waals surface area contributed by atoms with E-state index < -0.39 is 13.8 Å². The highest BCUT2D eigenvalue weighted by molar-refractivity contribution is 7.66. The molecular formula is C17H20F3NP. The van der Waals surface area contributed by atoms with Crippen molar-refractivity contribution in [2.24, 2.45) is 0 Å². The predicted molar refractivity (Wildman–Crippen MR) is 86.5 cm³/mol. The Bertz CT molecular complexity index is 461. The Morgan fingerprint density at radius 2 is 1.73 bits per heavy atom. The van der Waals surface area contributed by atoms with Gasteiger partial charge in [0.2, 0.25) is 0 Å². The fourth-order valence-electron chi connectivity index (χ4n) is 2.41. The van der Waals surface area contributed by atoms with Crippen LogP contribution in [0.3, 0.4) is 0 Å². The maximum atomic E-state index is 13.5. The highest BCUT2D eigenvalue weighted by atomic mass is 31.1. The van der Waals surface area contributed by atoms with Crippen LogP contribution < -0.4 is 5.30 Å². The topological polar surface area (TPSA) is 3.24 Å². The molecule has 0 unspecified atom stereocenters. The molecule has 1 aliphatic carbocycles. The lowest BCUT2D eigenvalue weighted by molar-refractivity contribution is -0.0390. The fourth-order valence-corrected chi connectivity index (χ4v) is 4.22. The zero-order valence-electron chi connectivity index (χ0n) is 12.9. The van der Waals surface area contributed by atoms with Crippen LogP contribution in [-0.4, -0.2) is 37.1 Å². The highest BCUT2D eigenvalue weighted by Gasteiger charge is 2.45. The quantitative estimate of drug-likeness (QED) is 0.738. The maximum Gasteiger partial charge on any atom is 0.409 e. The molecule has 0 bridgehead atoms. The molecule has 5 heteroatoms. The molecule has 2 atom stereocenters. The SMILES string of the molecule is C[C@H]([C]1[CH][CH][CH][C]1C[P@@](c1ccccc1)C(F)(F)F)N(C)C. The first-order valence-corrected chi connectivity index (χ1v) is 8.63. The summed E-state index contributed by atoms with van der Waals surface area (Å²) in [6.45, 7) is 2.01. The predicted octanol–water partition coefficient (Wildman–Crippen LogP) is 4.04. The van der Waals surface area contributed by atoms with Gasteiger partial charge >= 0.3 is 5.92 Å². The van der Waals surface area contributed by atoms with Gasteiger partial charge in [0, 0.05) is 19.9 Å².